The summed E-state index contributed by atoms with van der Waals surface area (Å²) >= 11 is 0. The van der Waals surface area contributed by atoms with Gasteiger partial charge in [-0.05, 0) is 33.0 Å². The molecule has 1 aromatic rings. The van der Waals surface area contributed by atoms with Crippen molar-refractivity contribution in [2.75, 3.05) is 20.1 Å². The lowest BCUT2D eigenvalue weighted by Gasteiger charge is -2.20. The van der Waals surface area contributed by atoms with Crippen LogP contribution in [0.2, 0.25) is 0 Å². The molecule has 80 valence electrons. The largest absolute Gasteiger partial charge is 0.468 e. The molecule has 0 saturated carbocycles. The van der Waals surface area contributed by atoms with Gasteiger partial charge in [0.25, 0.3) is 0 Å². The first-order valence-corrected chi connectivity index (χ1v) is 5.13. The van der Waals surface area contributed by atoms with Crippen LogP contribution in [0.1, 0.15) is 19.6 Å². The van der Waals surface area contributed by atoms with Crippen molar-refractivity contribution >= 4 is 0 Å². The molecular weight excluding hydrogens is 176 g/mol. The third-order valence-corrected chi connectivity index (χ3v) is 2.40. The van der Waals surface area contributed by atoms with Crippen LogP contribution in [0.3, 0.4) is 0 Å². The smallest absolute Gasteiger partial charge is 0.117 e. The van der Waals surface area contributed by atoms with Crippen LogP contribution in [0.15, 0.2) is 22.8 Å². The molecule has 3 nitrogen and oxygen atoms in total. The van der Waals surface area contributed by atoms with E-state index in [0.29, 0.717) is 6.04 Å². The minimum Gasteiger partial charge on any atom is -0.468 e. The van der Waals surface area contributed by atoms with Gasteiger partial charge in [-0.2, -0.15) is 0 Å². The lowest BCUT2D eigenvalue weighted by atomic mass is 10.3. The molecule has 0 unspecified atom stereocenters. The number of nitrogens with one attached hydrogen (secondary N) is 1. The van der Waals surface area contributed by atoms with Gasteiger partial charge in [0.05, 0.1) is 12.8 Å². The van der Waals surface area contributed by atoms with Crippen molar-refractivity contribution in [2.24, 2.45) is 0 Å². The van der Waals surface area contributed by atoms with Crippen LogP contribution in [0, 0.1) is 0 Å². The molecule has 0 aliphatic heterocycles. The summed E-state index contributed by atoms with van der Waals surface area (Å²) in [7, 11) is 2.14. The lowest BCUT2D eigenvalue weighted by Crippen LogP contribution is -2.33. The third kappa shape index (κ3) is 3.94. The molecule has 0 radical (unpaired) electrons. The molecule has 0 fully saturated rings. The highest BCUT2D eigenvalue weighted by atomic mass is 16.3. The molecule has 0 saturated heterocycles. The molecular formula is C11H20N2O. The Balaban J connectivity index is 2.05. The summed E-state index contributed by atoms with van der Waals surface area (Å²) in [6.45, 7) is 7.28. The molecule has 1 rings (SSSR count). The Kier molecular flexibility index (Phi) is 4.70. The van der Waals surface area contributed by atoms with E-state index in [1.54, 1.807) is 6.26 Å². The number of likely N-dealkylation sites (N-methyl/N-ethyl adjacent to an activating group) is 1. The summed E-state index contributed by atoms with van der Waals surface area (Å²) in [6.07, 6.45) is 1.71. The monoisotopic (exact) mass is 196 g/mol. The van der Waals surface area contributed by atoms with Crippen LogP contribution in [0.4, 0.5) is 0 Å². The van der Waals surface area contributed by atoms with E-state index < -0.39 is 0 Å². The topological polar surface area (TPSA) is 28.4 Å². The lowest BCUT2D eigenvalue weighted by molar-refractivity contribution is 0.272. The molecule has 1 N–H and O–H groups in total. The SMILES string of the molecule is CC(C)N(C)CCNCc1ccco1. The van der Waals surface area contributed by atoms with Crippen LogP contribution in [0.5, 0.6) is 0 Å². The number of hydrogen-bond acceptors (Lipinski definition) is 3. The van der Waals surface area contributed by atoms with Crippen molar-refractivity contribution in [3.63, 3.8) is 0 Å². The van der Waals surface area contributed by atoms with Crippen molar-refractivity contribution in [2.45, 2.75) is 26.4 Å². The standard InChI is InChI=1S/C11H20N2O/c1-10(2)13(3)7-6-12-9-11-5-4-8-14-11/h4-5,8,10,12H,6-7,9H2,1-3H3. The zero-order valence-corrected chi connectivity index (χ0v) is 9.29. The Hall–Kier alpha value is -0.800. The van der Waals surface area contributed by atoms with Crippen LogP contribution in [-0.4, -0.2) is 31.1 Å². The molecule has 14 heavy (non-hydrogen) atoms. The quantitative estimate of drug-likeness (QED) is 0.702. The summed E-state index contributed by atoms with van der Waals surface area (Å²) in [5.74, 6) is 0.997. The normalized spacial score (nSPS) is 11.5. The highest BCUT2D eigenvalue weighted by molar-refractivity contribution is 4.97. The maximum absolute atomic E-state index is 5.21. The zero-order valence-electron chi connectivity index (χ0n) is 9.29. The third-order valence-electron chi connectivity index (χ3n) is 2.40. The first-order chi connectivity index (χ1) is 6.70. The van der Waals surface area contributed by atoms with Crippen molar-refractivity contribution in [1.82, 2.24) is 10.2 Å². The van der Waals surface area contributed by atoms with Crippen molar-refractivity contribution in [1.29, 1.82) is 0 Å². The molecule has 0 aromatic carbocycles. The predicted octanol–water partition coefficient (Wildman–Crippen LogP) is 1.71. The first kappa shape index (κ1) is 11.3. The van der Waals surface area contributed by atoms with E-state index in [9.17, 15) is 0 Å². The summed E-state index contributed by atoms with van der Waals surface area (Å²) in [4.78, 5) is 2.31. The Bertz CT molecular complexity index is 231. The van der Waals surface area contributed by atoms with Gasteiger partial charge in [-0.25, -0.2) is 0 Å². The van der Waals surface area contributed by atoms with Gasteiger partial charge in [0.1, 0.15) is 5.76 Å². The highest BCUT2D eigenvalue weighted by Crippen LogP contribution is 1.98. The van der Waals surface area contributed by atoms with E-state index in [1.807, 2.05) is 12.1 Å². The fourth-order valence-electron chi connectivity index (χ4n) is 1.14. The summed E-state index contributed by atoms with van der Waals surface area (Å²) in [6, 6.07) is 4.51. The van der Waals surface area contributed by atoms with Crippen LogP contribution < -0.4 is 5.32 Å². The van der Waals surface area contributed by atoms with E-state index in [0.717, 1.165) is 25.4 Å². The van der Waals surface area contributed by atoms with E-state index in [-0.39, 0.29) is 0 Å². The first-order valence-electron chi connectivity index (χ1n) is 5.13. The Morgan fingerprint density at radius 2 is 2.29 bits per heavy atom. The van der Waals surface area contributed by atoms with E-state index in [4.69, 9.17) is 4.42 Å². The highest BCUT2D eigenvalue weighted by Gasteiger charge is 2.01. The summed E-state index contributed by atoms with van der Waals surface area (Å²) in [5.41, 5.74) is 0. The van der Waals surface area contributed by atoms with Crippen LogP contribution in [-0.2, 0) is 6.54 Å². The predicted molar refractivity (Wildman–Crippen MR) is 58.2 cm³/mol. The average Bonchev–Trinajstić information content (AvgIpc) is 2.64. The second kappa shape index (κ2) is 5.83. The number of furan rings is 1. The van der Waals surface area contributed by atoms with Crippen molar-refractivity contribution in [3.05, 3.63) is 24.2 Å². The minimum atomic E-state index is 0.611. The Labute approximate surface area is 86.1 Å². The number of nitrogens with zero attached hydrogens (tertiary/aromatic N) is 1. The maximum atomic E-state index is 5.21. The molecule has 0 aliphatic rings. The molecule has 3 heteroatoms. The van der Waals surface area contributed by atoms with Gasteiger partial charge in [0, 0.05) is 19.1 Å². The maximum Gasteiger partial charge on any atom is 0.117 e. The van der Waals surface area contributed by atoms with E-state index in [2.05, 4.69) is 31.1 Å². The van der Waals surface area contributed by atoms with Gasteiger partial charge >= 0.3 is 0 Å². The molecule has 0 aliphatic carbocycles. The fourth-order valence-corrected chi connectivity index (χ4v) is 1.14. The van der Waals surface area contributed by atoms with Gasteiger partial charge in [-0.1, -0.05) is 0 Å². The molecule has 0 atom stereocenters. The fraction of sp³-hybridized carbons (Fsp3) is 0.636. The molecule has 0 spiro atoms. The van der Waals surface area contributed by atoms with Gasteiger partial charge < -0.3 is 14.6 Å². The van der Waals surface area contributed by atoms with Gasteiger partial charge in [-0.3, -0.25) is 0 Å². The summed E-state index contributed by atoms with van der Waals surface area (Å²) < 4.78 is 5.21. The molecule has 1 aromatic heterocycles. The number of hydrogen-bond donors (Lipinski definition) is 1. The van der Waals surface area contributed by atoms with Gasteiger partial charge in [-0.15, -0.1) is 0 Å². The Morgan fingerprint density at radius 3 is 2.86 bits per heavy atom. The van der Waals surface area contributed by atoms with Gasteiger partial charge in [0.15, 0.2) is 0 Å². The van der Waals surface area contributed by atoms with Crippen molar-refractivity contribution < 1.29 is 4.42 Å². The van der Waals surface area contributed by atoms with E-state index >= 15 is 0 Å². The average molecular weight is 196 g/mol. The Morgan fingerprint density at radius 1 is 1.50 bits per heavy atom. The van der Waals surface area contributed by atoms with Crippen LogP contribution in [0.25, 0.3) is 0 Å². The molecule has 0 amide bonds. The minimum absolute atomic E-state index is 0.611. The summed E-state index contributed by atoms with van der Waals surface area (Å²) in [5, 5.41) is 3.34. The van der Waals surface area contributed by atoms with Gasteiger partial charge in [0.2, 0.25) is 0 Å². The number of rotatable bonds is 6. The molecule has 0 bridgehead atoms. The zero-order chi connectivity index (χ0) is 10.4. The van der Waals surface area contributed by atoms with E-state index in [1.165, 1.54) is 0 Å². The second-order valence-electron chi connectivity index (χ2n) is 3.83. The van der Waals surface area contributed by atoms with Crippen molar-refractivity contribution in [3.8, 4) is 0 Å². The second-order valence-corrected chi connectivity index (χ2v) is 3.83. The molecule has 1 heterocycles. The van der Waals surface area contributed by atoms with Crippen LogP contribution >= 0.6 is 0 Å².